The summed E-state index contributed by atoms with van der Waals surface area (Å²) in [6.07, 6.45) is 3.59. The maximum atomic E-state index is 12.0. The van der Waals surface area contributed by atoms with Gasteiger partial charge in [0.15, 0.2) is 11.5 Å². The van der Waals surface area contributed by atoms with Crippen molar-refractivity contribution < 1.29 is 14.3 Å². The first-order valence-corrected chi connectivity index (χ1v) is 8.42. The Kier molecular flexibility index (Phi) is 7.29. The second kappa shape index (κ2) is 9.69. The number of carbonyl (C=O) groups is 1. The highest BCUT2D eigenvalue weighted by molar-refractivity contribution is 6.33. The number of nitrogens with zero attached hydrogens (tertiary/aromatic N) is 1. The molecule has 0 heterocycles. The first-order valence-electron chi connectivity index (χ1n) is 8.04. The van der Waals surface area contributed by atoms with E-state index in [9.17, 15) is 4.79 Å². The standard InChI is InChI=1S/C19H21ClN2O3/c1-3-4-11-25-17-10-9-14(12-18(17)24-2)13-21-22-19(23)15-7-5-6-8-16(15)20/h5-10,12-13H,3-4,11H2,1-2H3,(H,22,23)/b21-13+. The lowest BCUT2D eigenvalue weighted by atomic mass is 10.2. The number of unbranched alkanes of at least 4 members (excludes halogenated alkanes) is 1. The molecule has 0 unspecified atom stereocenters. The molecule has 25 heavy (non-hydrogen) atoms. The molecule has 1 amide bonds. The predicted octanol–water partition coefficient (Wildman–Crippen LogP) is 4.29. The van der Waals surface area contributed by atoms with E-state index in [1.54, 1.807) is 37.4 Å². The van der Waals surface area contributed by atoms with E-state index in [-0.39, 0.29) is 5.91 Å². The van der Waals surface area contributed by atoms with Crippen LogP contribution in [0.15, 0.2) is 47.6 Å². The molecule has 0 radical (unpaired) electrons. The smallest absolute Gasteiger partial charge is 0.272 e. The van der Waals surface area contributed by atoms with Crippen LogP contribution >= 0.6 is 11.6 Å². The topological polar surface area (TPSA) is 59.9 Å². The van der Waals surface area contributed by atoms with Gasteiger partial charge in [-0.05, 0) is 42.3 Å². The van der Waals surface area contributed by atoms with E-state index in [1.807, 2.05) is 12.1 Å². The first kappa shape index (κ1) is 18.8. The number of hydrogen-bond donors (Lipinski definition) is 1. The molecule has 0 aliphatic heterocycles. The van der Waals surface area contributed by atoms with Crippen LogP contribution in [0.5, 0.6) is 11.5 Å². The molecule has 132 valence electrons. The Morgan fingerprint density at radius 1 is 1.24 bits per heavy atom. The molecule has 2 rings (SSSR count). The summed E-state index contributed by atoms with van der Waals surface area (Å²) >= 11 is 5.98. The van der Waals surface area contributed by atoms with Gasteiger partial charge < -0.3 is 9.47 Å². The van der Waals surface area contributed by atoms with Gasteiger partial charge in [0.1, 0.15) is 0 Å². The molecule has 0 aliphatic rings. The second-order valence-electron chi connectivity index (χ2n) is 5.29. The first-order chi connectivity index (χ1) is 12.2. The molecule has 5 nitrogen and oxygen atoms in total. The summed E-state index contributed by atoms with van der Waals surface area (Å²) in [6, 6.07) is 12.3. The van der Waals surface area contributed by atoms with Gasteiger partial charge in [0.2, 0.25) is 0 Å². The van der Waals surface area contributed by atoms with Crippen molar-refractivity contribution in [2.24, 2.45) is 5.10 Å². The number of carbonyl (C=O) groups excluding carboxylic acids is 1. The van der Waals surface area contributed by atoms with Gasteiger partial charge in [-0.2, -0.15) is 5.10 Å². The number of nitrogens with one attached hydrogen (secondary N) is 1. The highest BCUT2D eigenvalue weighted by atomic mass is 35.5. The third-order valence-electron chi connectivity index (χ3n) is 3.44. The zero-order valence-corrected chi connectivity index (χ0v) is 15.0. The molecule has 6 heteroatoms. The lowest BCUT2D eigenvalue weighted by molar-refractivity contribution is 0.0955. The lowest BCUT2D eigenvalue weighted by Gasteiger charge is -2.10. The summed E-state index contributed by atoms with van der Waals surface area (Å²) in [7, 11) is 1.59. The Morgan fingerprint density at radius 2 is 2.04 bits per heavy atom. The van der Waals surface area contributed by atoms with Gasteiger partial charge in [-0.25, -0.2) is 5.43 Å². The molecule has 0 saturated heterocycles. The van der Waals surface area contributed by atoms with E-state index in [2.05, 4.69) is 17.5 Å². The highest BCUT2D eigenvalue weighted by Crippen LogP contribution is 2.27. The Labute approximate surface area is 152 Å². The van der Waals surface area contributed by atoms with Crippen molar-refractivity contribution in [2.45, 2.75) is 19.8 Å². The Bertz CT molecular complexity index is 747. The fourth-order valence-corrected chi connectivity index (χ4v) is 2.30. The molecule has 0 bridgehead atoms. The number of rotatable bonds is 8. The minimum atomic E-state index is -0.367. The monoisotopic (exact) mass is 360 g/mol. The molecule has 0 aliphatic carbocycles. The summed E-state index contributed by atoms with van der Waals surface area (Å²) in [4.78, 5) is 12.0. The molecule has 2 aromatic carbocycles. The number of benzene rings is 2. The van der Waals surface area contributed by atoms with Gasteiger partial charge in [0.25, 0.3) is 5.91 Å². The van der Waals surface area contributed by atoms with Gasteiger partial charge in [-0.3, -0.25) is 4.79 Å². The van der Waals surface area contributed by atoms with Crippen LogP contribution in [-0.4, -0.2) is 25.8 Å². The van der Waals surface area contributed by atoms with Crippen molar-refractivity contribution in [3.8, 4) is 11.5 Å². The van der Waals surface area contributed by atoms with E-state index in [0.717, 1.165) is 18.4 Å². The zero-order valence-electron chi connectivity index (χ0n) is 14.3. The van der Waals surface area contributed by atoms with Crippen molar-refractivity contribution in [1.29, 1.82) is 0 Å². The van der Waals surface area contributed by atoms with Gasteiger partial charge in [0, 0.05) is 0 Å². The molecule has 0 saturated carbocycles. The minimum absolute atomic E-state index is 0.367. The van der Waals surface area contributed by atoms with Crippen LogP contribution in [-0.2, 0) is 0 Å². The number of amides is 1. The largest absolute Gasteiger partial charge is 0.493 e. The van der Waals surface area contributed by atoms with Crippen LogP contribution in [0, 0.1) is 0 Å². The summed E-state index contributed by atoms with van der Waals surface area (Å²) < 4.78 is 11.0. The lowest BCUT2D eigenvalue weighted by Crippen LogP contribution is -2.17. The number of hydrazone groups is 1. The van der Waals surface area contributed by atoms with E-state index >= 15 is 0 Å². The third-order valence-corrected chi connectivity index (χ3v) is 3.77. The van der Waals surface area contributed by atoms with Crippen LogP contribution < -0.4 is 14.9 Å². The minimum Gasteiger partial charge on any atom is -0.493 e. The Morgan fingerprint density at radius 3 is 2.76 bits per heavy atom. The summed E-state index contributed by atoms with van der Waals surface area (Å²) in [5.74, 6) is 0.944. The molecule has 0 fully saturated rings. The molecular weight excluding hydrogens is 340 g/mol. The maximum absolute atomic E-state index is 12.0. The van der Waals surface area contributed by atoms with Crippen molar-refractivity contribution in [3.63, 3.8) is 0 Å². The normalized spacial score (nSPS) is 10.7. The van der Waals surface area contributed by atoms with Crippen LogP contribution in [0.25, 0.3) is 0 Å². The van der Waals surface area contributed by atoms with E-state index < -0.39 is 0 Å². The van der Waals surface area contributed by atoms with Gasteiger partial charge in [-0.1, -0.05) is 37.1 Å². The third kappa shape index (κ3) is 5.50. The summed E-state index contributed by atoms with van der Waals surface area (Å²) in [6.45, 7) is 2.76. The molecule has 0 aromatic heterocycles. The van der Waals surface area contributed by atoms with Crippen molar-refractivity contribution in [2.75, 3.05) is 13.7 Å². The van der Waals surface area contributed by atoms with Crippen molar-refractivity contribution in [1.82, 2.24) is 5.43 Å². The molecule has 2 aromatic rings. The van der Waals surface area contributed by atoms with Crippen molar-refractivity contribution >= 4 is 23.7 Å². The van der Waals surface area contributed by atoms with Gasteiger partial charge >= 0.3 is 0 Å². The van der Waals surface area contributed by atoms with Crippen molar-refractivity contribution in [3.05, 3.63) is 58.6 Å². The van der Waals surface area contributed by atoms with Gasteiger partial charge in [-0.15, -0.1) is 0 Å². The van der Waals surface area contributed by atoms with E-state index in [4.69, 9.17) is 21.1 Å². The predicted molar refractivity (Wildman–Crippen MR) is 99.9 cm³/mol. The molecule has 1 N–H and O–H groups in total. The van der Waals surface area contributed by atoms with Gasteiger partial charge in [0.05, 0.1) is 30.5 Å². The fraction of sp³-hybridized carbons (Fsp3) is 0.263. The Balaban J connectivity index is 2.01. The average Bonchev–Trinajstić information content (AvgIpc) is 2.63. The maximum Gasteiger partial charge on any atom is 0.272 e. The number of methoxy groups -OCH3 is 1. The van der Waals surface area contributed by atoms with Crippen LogP contribution in [0.1, 0.15) is 35.7 Å². The Hall–Kier alpha value is -2.53. The number of halogens is 1. The quantitative estimate of drug-likeness (QED) is 0.434. The van der Waals surface area contributed by atoms with Crippen LogP contribution in [0.2, 0.25) is 5.02 Å². The van der Waals surface area contributed by atoms with E-state index in [0.29, 0.717) is 28.7 Å². The average molecular weight is 361 g/mol. The second-order valence-corrected chi connectivity index (χ2v) is 5.70. The van der Waals surface area contributed by atoms with Crippen LogP contribution in [0.4, 0.5) is 0 Å². The van der Waals surface area contributed by atoms with Crippen LogP contribution in [0.3, 0.4) is 0 Å². The van der Waals surface area contributed by atoms with E-state index in [1.165, 1.54) is 6.21 Å². The zero-order chi connectivity index (χ0) is 18.1. The summed E-state index contributed by atoms with van der Waals surface area (Å²) in [5, 5.41) is 4.34. The fourth-order valence-electron chi connectivity index (χ4n) is 2.08. The molecule has 0 atom stereocenters. The molecular formula is C19H21ClN2O3. The molecule has 0 spiro atoms. The number of hydrogen-bond acceptors (Lipinski definition) is 4. The highest BCUT2D eigenvalue weighted by Gasteiger charge is 2.08. The summed E-state index contributed by atoms with van der Waals surface area (Å²) in [5.41, 5.74) is 3.61. The SMILES string of the molecule is CCCCOc1ccc(/C=N/NC(=O)c2ccccc2Cl)cc1OC. The number of ether oxygens (including phenoxy) is 2.